The van der Waals surface area contributed by atoms with Crippen molar-refractivity contribution in [2.75, 3.05) is 20.3 Å². The van der Waals surface area contributed by atoms with Crippen LogP contribution in [0.3, 0.4) is 0 Å². The van der Waals surface area contributed by atoms with Gasteiger partial charge in [-0.25, -0.2) is 9.18 Å². The standard InChI is InChI=1S/C16H21FN2O4.C2H6/c1-10-11-8-12(17)14(22-7-6-21-5)9-13(11)19(18-10)15(20)23-16(2,3)4;1-2/h8-9H,6-7H2,1-5H3;1-2H3. The molecule has 1 aromatic heterocycles. The number of benzene rings is 1. The van der Waals surface area contributed by atoms with Crippen molar-refractivity contribution in [3.05, 3.63) is 23.6 Å². The summed E-state index contributed by atoms with van der Waals surface area (Å²) in [6, 6.07) is 2.75. The van der Waals surface area contributed by atoms with E-state index in [0.717, 1.165) is 4.68 Å². The van der Waals surface area contributed by atoms with Crippen molar-refractivity contribution in [3.63, 3.8) is 0 Å². The van der Waals surface area contributed by atoms with Crippen molar-refractivity contribution >= 4 is 17.0 Å². The maximum atomic E-state index is 14.1. The fourth-order valence-corrected chi connectivity index (χ4v) is 2.06. The highest BCUT2D eigenvalue weighted by molar-refractivity contribution is 5.90. The van der Waals surface area contributed by atoms with E-state index >= 15 is 0 Å². The summed E-state index contributed by atoms with van der Waals surface area (Å²) in [6.45, 7) is 11.5. The summed E-state index contributed by atoms with van der Waals surface area (Å²) < 4.78 is 30.7. The third-order valence-electron chi connectivity index (χ3n) is 3.03. The summed E-state index contributed by atoms with van der Waals surface area (Å²) in [5.74, 6) is -0.472. The smallest absolute Gasteiger partial charge is 0.435 e. The van der Waals surface area contributed by atoms with Crippen LogP contribution in [-0.2, 0) is 9.47 Å². The molecule has 25 heavy (non-hydrogen) atoms. The number of aromatic nitrogens is 2. The molecular weight excluding hydrogens is 327 g/mol. The largest absolute Gasteiger partial charge is 0.488 e. The first-order valence-electron chi connectivity index (χ1n) is 8.27. The molecule has 0 bridgehead atoms. The van der Waals surface area contributed by atoms with Gasteiger partial charge in [0.05, 0.1) is 17.8 Å². The van der Waals surface area contributed by atoms with Crippen LogP contribution in [0.2, 0.25) is 0 Å². The third-order valence-corrected chi connectivity index (χ3v) is 3.03. The average Bonchev–Trinajstić information content (AvgIpc) is 2.85. The third kappa shape index (κ3) is 5.42. The van der Waals surface area contributed by atoms with Gasteiger partial charge in [0.1, 0.15) is 12.2 Å². The summed E-state index contributed by atoms with van der Waals surface area (Å²) in [7, 11) is 1.53. The molecule has 140 valence electrons. The van der Waals surface area contributed by atoms with Crippen molar-refractivity contribution < 1.29 is 23.4 Å². The Balaban J connectivity index is 0.00000151. The second-order valence-corrected chi connectivity index (χ2v) is 6.12. The van der Waals surface area contributed by atoms with E-state index in [9.17, 15) is 9.18 Å². The van der Waals surface area contributed by atoms with Crippen LogP contribution in [0.15, 0.2) is 12.1 Å². The predicted molar refractivity (Wildman–Crippen MR) is 94.8 cm³/mol. The van der Waals surface area contributed by atoms with Gasteiger partial charge in [-0.05, 0) is 33.8 Å². The molecule has 0 unspecified atom stereocenters. The van der Waals surface area contributed by atoms with Crippen LogP contribution < -0.4 is 4.74 Å². The number of fused-ring (bicyclic) bond motifs is 1. The van der Waals surface area contributed by atoms with E-state index in [1.54, 1.807) is 27.7 Å². The first-order valence-corrected chi connectivity index (χ1v) is 8.27. The number of methoxy groups -OCH3 is 1. The molecule has 0 atom stereocenters. The number of nitrogens with zero attached hydrogens (tertiary/aromatic N) is 2. The first-order chi connectivity index (χ1) is 11.7. The number of carbonyl (C=O) groups excluding carboxylic acids is 1. The lowest BCUT2D eigenvalue weighted by Gasteiger charge is -2.19. The van der Waals surface area contributed by atoms with E-state index in [4.69, 9.17) is 14.2 Å². The summed E-state index contributed by atoms with van der Waals surface area (Å²) in [4.78, 5) is 12.3. The van der Waals surface area contributed by atoms with Gasteiger partial charge < -0.3 is 14.2 Å². The lowest BCUT2D eigenvalue weighted by Crippen LogP contribution is -2.27. The number of ether oxygens (including phenoxy) is 3. The molecule has 2 rings (SSSR count). The van der Waals surface area contributed by atoms with Crippen LogP contribution in [0.25, 0.3) is 10.9 Å². The zero-order valence-electron chi connectivity index (χ0n) is 16.0. The number of aryl methyl sites for hydroxylation is 1. The van der Waals surface area contributed by atoms with Gasteiger partial charge in [-0.1, -0.05) is 13.8 Å². The van der Waals surface area contributed by atoms with E-state index in [2.05, 4.69) is 5.10 Å². The Hall–Kier alpha value is -2.15. The highest BCUT2D eigenvalue weighted by Crippen LogP contribution is 2.27. The van der Waals surface area contributed by atoms with Gasteiger partial charge in [-0.2, -0.15) is 9.78 Å². The highest BCUT2D eigenvalue weighted by Gasteiger charge is 2.22. The molecule has 0 radical (unpaired) electrons. The molecule has 0 aliphatic carbocycles. The predicted octanol–water partition coefficient (Wildman–Crippen LogP) is 4.32. The fraction of sp³-hybridized carbons (Fsp3) is 0.556. The van der Waals surface area contributed by atoms with Crippen LogP contribution in [0.1, 0.15) is 40.3 Å². The van der Waals surface area contributed by atoms with Gasteiger partial charge in [-0.15, -0.1) is 0 Å². The quantitative estimate of drug-likeness (QED) is 0.765. The number of hydrogen-bond acceptors (Lipinski definition) is 5. The van der Waals surface area contributed by atoms with Crippen LogP contribution >= 0.6 is 0 Å². The van der Waals surface area contributed by atoms with Crippen molar-refractivity contribution in [1.82, 2.24) is 9.78 Å². The van der Waals surface area contributed by atoms with Gasteiger partial charge in [0.2, 0.25) is 0 Å². The maximum Gasteiger partial charge on any atom is 0.435 e. The molecule has 0 aliphatic rings. The van der Waals surface area contributed by atoms with Crippen LogP contribution in [0, 0.1) is 12.7 Å². The second kappa shape index (κ2) is 8.80. The Bertz CT molecular complexity index is 720. The number of halogens is 1. The van der Waals surface area contributed by atoms with Crippen molar-refractivity contribution in [1.29, 1.82) is 0 Å². The van der Waals surface area contributed by atoms with E-state index < -0.39 is 17.5 Å². The van der Waals surface area contributed by atoms with Crippen molar-refractivity contribution in [3.8, 4) is 5.75 Å². The molecule has 0 saturated carbocycles. The zero-order chi connectivity index (χ0) is 19.2. The molecule has 0 spiro atoms. The monoisotopic (exact) mass is 354 g/mol. The van der Waals surface area contributed by atoms with Crippen LogP contribution in [0.5, 0.6) is 5.75 Å². The van der Waals surface area contributed by atoms with Gasteiger partial charge in [0.15, 0.2) is 11.6 Å². The molecule has 0 aliphatic heterocycles. The normalized spacial score (nSPS) is 11.0. The molecule has 7 heteroatoms. The second-order valence-electron chi connectivity index (χ2n) is 6.12. The topological polar surface area (TPSA) is 62.6 Å². The molecule has 6 nitrogen and oxygen atoms in total. The van der Waals surface area contributed by atoms with Gasteiger partial charge in [0.25, 0.3) is 0 Å². The number of hydrogen-bond donors (Lipinski definition) is 0. The lowest BCUT2D eigenvalue weighted by molar-refractivity contribution is 0.0522. The Morgan fingerprint density at radius 3 is 2.44 bits per heavy atom. The minimum atomic E-state index is -0.652. The Labute approximate surface area is 147 Å². The first kappa shape index (κ1) is 20.9. The minimum absolute atomic E-state index is 0.0410. The summed E-state index contributed by atoms with van der Waals surface area (Å²) in [5, 5.41) is 4.68. The van der Waals surface area contributed by atoms with E-state index in [0.29, 0.717) is 23.2 Å². The number of rotatable bonds is 4. The Morgan fingerprint density at radius 1 is 1.24 bits per heavy atom. The van der Waals surface area contributed by atoms with E-state index in [-0.39, 0.29) is 12.4 Å². The van der Waals surface area contributed by atoms with Gasteiger partial charge in [-0.3, -0.25) is 0 Å². The van der Waals surface area contributed by atoms with E-state index in [1.807, 2.05) is 13.8 Å². The number of carbonyl (C=O) groups is 1. The van der Waals surface area contributed by atoms with Crippen molar-refractivity contribution in [2.45, 2.75) is 47.1 Å². The SMILES string of the molecule is CC.COCCOc1cc2c(cc1F)c(C)nn2C(=O)OC(C)(C)C. The highest BCUT2D eigenvalue weighted by atomic mass is 19.1. The van der Waals surface area contributed by atoms with Crippen LogP contribution in [-0.4, -0.2) is 41.8 Å². The lowest BCUT2D eigenvalue weighted by atomic mass is 10.2. The fourth-order valence-electron chi connectivity index (χ4n) is 2.06. The summed E-state index contributed by atoms with van der Waals surface area (Å²) in [5.41, 5.74) is 0.319. The Kier molecular flexibility index (Phi) is 7.36. The minimum Gasteiger partial charge on any atom is -0.488 e. The van der Waals surface area contributed by atoms with Gasteiger partial charge in [0, 0.05) is 18.6 Å². The van der Waals surface area contributed by atoms with Gasteiger partial charge >= 0.3 is 6.09 Å². The molecule has 0 saturated heterocycles. The average molecular weight is 354 g/mol. The molecule has 0 fully saturated rings. The van der Waals surface area contributed by atoms with Crippen molar-refractivity contribution in [2.24, 2.45) is 0 Å². The molecule has 0 N–H and O–H groups in total. The Morgan fingerprint density at radius 2 is 1.88 bits per heavy atom. The molecule has 1 heterocycles. The van der Waals surface area contributed by atoms with Crippen LogP contribution in [0.4, 0.5) is 9.18 Å². The molecule has 1 aromatic carbocycles. The molecular formula is C18H27FN2O4. The molecule has 0 amide bonds. The summed E-state index contributed by atoms with van der Waals surface area (Å²) in [6.07, 6.45) is -0.620. The zero-order valence-corrected chi connectivity index (χ0v) is 16.0. The molecule has 2 aromatic rings. The van der Waals surface area contributed by atoms with E-state index in [1.165, 1.54) is 19.2 Å². The maximum absolute atomic E-state index is 14.1. The summed E-state index contributed by atoms with van der Waals surface area (Å²) >= 11 is 0.